The van der Waals surface area contributed by atoms with Gasteiger partial charge in [0.1, 0.15) is 12.4 Å². The lowest BCUT2D eigenvalue weighted by molar-refractivity contribution is -0.134. The zero-order valence-electron chi connectivity index (χ0n) is 13.2. The highest BCUT2D eigenvalue weighted by molar-refractivity contribution is 6.32. The van der Waals surface area contributed by atoms with Gasteiger partial charge in [-0.25, -0.2) is 9.18 Å². The highest BCUT2D eigenvalue weighted by Gasteiger charge is 2.12. The van der Waals surface area contributed by atoms with Crippen molar-refractivity contribution in [2.75, 3.05) is 14.2 Å². The highest BCUT2D eigenvalue weighted by atomic mass is 35.5. The fraction of sp³-hybridized carbons (Fsp3) is 0.167. The molecule has 2 rings (SSSR count). The van der Waals surface area contributed by atoms with Gasteiger partial charge in [0, 0.05) is 6.08 Å². The number of benzene rings is 2. The summed E-state index contributed by atoms with van der Waals surface area (Å²) in [5.74, 6) is -0.0592. The third-order valence-corrected chi connectivity index (χ3v) is 3.42. The lowest BCUT2D eigenvalue weighted by atomic mass is 10.2. The molecule has 0 bridgehead atoms. The Bertz CT molecular complexity index is 759. The lowest BCUT2D eigenvalue weighted by Gasteiger charge is -2.13. The minimum Gasteiger partial charge on any atom is -0.493 e. The molecule has 0 saturated carbocycles. The molecule has 2 aromatic rings. The van der Waals surface area contributed by atoms with Gasteiger partial charge in [-0.3, -0.25) is 0 Å². The van der Waals surface area contributed by atoms with Crippen LogP contribution in [0.3, 0.4) is 0 Å². The summed E-state index contributed by atoms with van der Waals surface area (Å²) in [7, 11) is 2.78. The van der Waals surface area contributed by atoms with Crippen molar-refractivity contribution in [1.29, 1.82) is 0 Å². The van der Waals surface area contributed by atoms with Crippen LogP contribution in [0.1, 0.15) is 11.1 Å². The molecule has 126 valence electrons. The number of ether oxygens (including phenoxy) is 3. The van der Waals surface area contributed by atoms with E-state index >= 15 is 0 Å². The number of esters is 1. The van der Waals surface area contributed by atoms with Crippen molar-refractivity contribution < 1.29 is 23.4 Å². The molecular formula is C18H16ClFO4. The van der Waals surface area contributed by atoms with E-state index in [0.717, 1.165) is 0 Å². The van der Waals surface area contributed by atoms with Crippen molar-refractivity contribution in [3.63, 3.8) is 0 Å². The minimum atomic E-state index is -0.475. The summed E-state index contributed by atoms with van der Waals surface area (Å²) >= 11 is 6.23. The first-order valence-electron chi connectivity index (χ1n) is 7.04. The Morgan fingerprint density at radius 3 is 2.71 bits per heavy atom. The van der Waals surface area contributed by atoms with E-state index in [1.165, 1.54) is 32.4 Å². The first-order valence-corrected chi connectivity index (χ1v) is 7.42. The number of carbonyl (C=O) groups excluding carboxylic acids is 1. The quantitative estimate of drug-likeness (QED) is 0.577. The molecule has 0 aliphatic heterocycles. The summed E-state index contributed by atoms with van der Waals surface area (Å²) in [6.45, 7) is 0.144. The summed E-state index contributed by atoms with van der Waals surface area (Å²) in [4.78, 5) is 11.1. The summed E-state index contributed by atoms with van der Waals surface area (Å²) in [6.07, 6.45) is 2.83. The van der Waals surface area contributed by atoms with Gasteiger partial charge in [-0.05, 0) is 41.5 Å². The maximum Gasteiger partial charge on any atom is 0.330 e. The van der Waals surface area contributed by atoms with E-state index in [0.29, 0.717) is 27.6 Å². The van der Waals surface area contributed by atoms with Crippen LogP contribution < -0.4 is 9.47 Å². The normalized spacial score (nSPS) is 10.7. The first-order chi connectivity index (χ1) is 11.5. The zero-order valence-corrected chi connectivity index (χ0v) is 14.0. The van der Waals surface area contributed by atoms with E-state index in [1.807, 2.05) is 0 Å². The van der Waals surface area contributed by atoms with Crippen LogP contribution in [0.15, 0.2) is 42.5 Å². The molecule has 0 atom stereocenters. The number of hydrogen-bond donors (Lipinski definition) is 0. The van der Waals surface area contributed by atoms with E-state index in [-0.39, 0.29) is 12.4 Å². The van der Waals surface area contributed by atoms with Crippen LogP contribution >= 0.6 is 11.6 Å². The molecule has 6 heteroatoms. The topological polar surface area (TPSA) is 44.8 Å². The smallest absolute Gasteiger partial charge is 0.330 e. The molecule has 0 heterocycles. The molecule has 4 nitrogen and oxygen atoms in total. The molecule has 0 saturated heterocycles. The monoisotopic (exact) mass is 350 g/mol. The maximum atomic E-state index is 13.2. The van der Waals surface area contributed by atoms with Crippen LogP contribution in [0.5, 0.6) is 11.5 Å². The van der Waals surface area contributed by atoms with E-state index < -0.39 is 5.97 Å². The Labute approximate surface area is 144 Å². The number of methoxy groups -OCH3 is 2. The Morgan fingerprint density at radius 1 is 1.25 bits per heavy atom. The third kappa shape index (κ3) is 4.73. The Kier molecular flexibility index (Phi) is 6.21. The molecule has 0 spiro atoms. The van der Waals surface area contributed by atoms with Crippen molar-refractivity contribution in [2.45, 2.75) is 6.61 Å². The highest BCUT2D eigenvalue weighted by Crippen LogP contribution is 2.37. The van der Waals surface area contributed by atoms with E-state index in [2.05, 4.69) is 4.74 Å². The zero-order chi connectivity index (χ0) is 17.5. The minimum absolute atomic E-state index is 0.144. The standard InChI is InChI=1S/C18H16ClFO4/c1-22-16-10-12(6-7-17(21)23-2)9-15(19)18(16)24-11-13-4-3-5-14(20)8-13/h3-10H,11H2,1-2H3/b7-6+. The average Bonchev–Trinajstić information content (AvgIpc) is 2.58. The van der Waals surface area contributed by atoms with Gasteiger partial charge in [0.2, 0.25) is 0 Å². The molecule has 0 unspecified atom stereocenters. The number of halogens is 2. The molecule has 0 N–H and O–H groups in total. The predicted molar refractivity (Wildman–Crippen MR) is 89.8 cm³/mol. The molecule has 0 radical (unpaired) electrons. The van der Waals surface area contributed by atoms with Gasteiger partial charge in [-0.1, -0.05) is 23.7 Å². The van der Waals surface area contributed by atoms with E-state index in [1.54, 1.807) is 30.3 Å². The van der Waals surface area contributed by atoms with Crippen molar-refractivity contribution in [3.8, 4) is 11.5 Å². The van der Waals surface area contributed by atoms with Crippen LogP contribution in [0.25, 0.3) is 6.08 Å². The van der Waals surface area contributed by atoms with Gasteiger partial charge in [0.15, 0.2) is 11.5 Å². The summed E-state index contributed by atoms with van der Waals surface area (Å²) in [5, 5.41) is 0.315. The SMILES string of the molecule is COC(=O)/C=C/c1cc(Cl)c(OCc2cccc(F)c2)c(OC)c1. The number of rotatable bonds is 6. The van der Waals surface area contributed by atoms with Gasteiger partial charge in [-0.15, -0.1) is 0 Å². The van der Waals surface area contributed by atoms with Crippen LogP contribution in [0, 0.1) is 5.82 Å². The summed E-state index contributed by atoms with van der Waals surface area (Å²) < 4.78 is 28.7. The van der Waals surface area contributed by atoms with E-state index in [4.69, 9.17) is 21.1 Å². The summed E-state index contributed by atoms with van der Waals surface area (Å²) in [5.41, 5.74) is 1.32. The number of hydrogen-bond acceptors (Lipinski definition) is 4. The van der Waals surface area contributed by atoms with Gasteiger partial charge in [0.05, 0.1) is 19.2 Å². The molecule has 0 aliphatic carbocycles. The second kappa shape index (κ2) is 8.36. The summed E-state index contributed by atoms with van der Waals surface area (Å²) in [6, 6.07) is 9.40. The third-order valence-electron chi connectivity index (χ3n) is 3.14. The van der Waals surface area contributed by atoms with Crippen LogP contribution in [-0.4, -0.2) is 20.2 Å². The average molecular weight is 351 g/mol. The van der Waals surface area contributed by atoms with Gasteiger partial charge >= 0.3 is 5.97 Å². The Morgan fingerprint density at radius 2 is 2.04 bits per heavy atom. The van der Waals surface area contributed by atoms with Gasteiger partial charge in [-0.2, -0.15) is 0 Å². The van der Waals surface area contributed by atoms with Crippen molar-refractivity contribution >= 4 is 23.6 Å². The fourth-order valence-electron chi connectivity index (χ4n) is 1.99. The second-order valence-corrected chi connectivity index (χ2v) is 5.22. The predicted octanol–water partition coefficient (Wildman–Crippen LogP) is 4.25. The molecular weight excluding hydrogens is 335 g/mol. The van der Waals surface area contributed by atoms with Crippen molar-refractivity contribution in [2.24, 2.45) is 0 Å². The van der Waals surface area contributed by atoms with Gasteiger partial charge < -0.3 is 14.2 Å². The molecule has 0 aliphatic rings. The Hall–Kier alpha value is -2.53. The maximum absolute atomic E-state index is 13.2. The molecule has 2 aromatic carbocycles. The molecule has 24 heavy (non-hydrogen) atoms. The fourth-order valence-corrected chi connectivity index (χ4v) is 2.26. The van der Waals surface area contributed by atoms with E-state index in [9.17, 15) is 9.18 Å². The first kappa shape index (κ1) is 17.8. The van der Waals surface area contributed by atoms with Crippen LogP contribution in [-0.2, 0) is 16.1 Å². The van der Waals surface area contributed by atoms with Crippen molar-refractivity contribution in [3.05, 3.63) is 64.4 Å². The molecule has 0 fully saturated rings. The van der Waals surface area contributed by atoms with Crippen LogP contribution in [0.2, 0.25) is 5.02 Å². The molecule has 0 amide bonds. The lowest BCUT2D eigenvalue weighted by Crippen LogP contribution is -1.99. The van der Waals surface area contributed by atoms with Gasteiger partial charge in [0.25, 0.3) is 0 Å². The van der Waals surface area contributed by atoms with Crippen molar-refractivity contribution in [1.82, 2.24) is 0 Å². The largest absolute Gasteiger partial charge is 0.493 e. The van der Waals surface area contributed by atoms with Crippen LogP contribution in [0.4, 0.5) is 4.39 Å². The molecule has 0 aromatic heterocycles. The number of carbonyl (C=O) groups is 1. The second-order valence-electron chi connectivity index (χ2n) is 4.81. The Balaban J connectivity index is 2.20.